The van der Waals surface area contributed by atoms with Gasteiger partial charge in [-0.05, 0) is 12.1 Å². The van der Waals surface area contributed by atoms with Crippen LogP contribution < -0.4 is 14.2 Å². The Hall–Kier alpha value is -2.00. The zero-order valence-electron chi connectivity index (χ0n) is 10.7. The fourth-order valence-electron chi connectivity index (χ4n) is 1.56. The zero-order valence-corrected chi connectivity index (χ0v) is 11.5. The van der Waals surface area contributed by atoms with Gasteiger partial charge in [0.1, 0.15) is 0 Å². The number of rotatable bonds is 6. The van der Waals surface area contributed by atoms with E-state index in [1.54, 1.807) is 6.07 Å². The van der Waals surface area contributed by atoms with Crippen LogP contribution in [-0.2, 0) is 15.0 Å². The van der Waals surface area contributed by atoms with E-state index in [9.17, 15) is 13.2 Å². The minimum Gasteiger partial charge on any atom is -0.481 e. The molecule has 0 amide bonds. The molecule has 0 saturated carbocycles. The van der Waals surface area contributed by atoms with Gasteiger partial charge in [0.15, 0.2) is 11.5 Å². The number of hydrogen-bond acceptors (Lipinski definition) is 5. The predicted octanol–water partition coefficient (Wildman–Crippen LogP) is 0.478. The highest BCUT2D eigenvalue weighted by atomic mass is 32.2. The van der Waals surface area contributed by atoms with Crippen molar-refractivity contribution < 1.29 is 27.8 Å². The van der Waals surface area contributed by atoms with Crippen LogP contribution in [0.1, 0.15) is 6.42 Å². The normalized spacial score (nSPS) is 13.5. The molecule has 2 rings (SSSR count). The summed E-state index contributed by atoms with van der Waals surface area (Å²) in [4.78, 5) is 10.4. The van der Waals surface area contributed by atoms with Gasteiger partial charge in [0.05, 0.1) is 12.1 Å². The molecule has 0 aliphatic carbocycles. The number of benzene rings is 1. The lowest BCUT2D eigenvalue weighted by molar-refractivity contribution is -0.137. The number of carboxylic acid groups (broad SMARTS) is 1. The Morgan fingerprint density at radius 2 is 2.10 bits per heavy atom. The van der Waals surface area contributed by atoms with Crippen LogP contribution in [-0.4, -0.2) is 44.2 Å². The van der Waals surface area contributed by atoms with Crippen LogP contribution in [0.4, 0.5) is 5.69 Å². The molecule has 0 bridgehead atoms. The van der Waals surface area contributed by atoms with Crippen molar-refractivity contribution in [3.05, 3.63) is 18.2 Å². The van der Waals surface area contributed by atoms with Crippen molar-refractivity contribution >= 4 is 21.9 Å². The lowest BCUT2D eigenvalue weighted by Gasteiger charge is -2.17. The van der Waals surface area contributed by atoms with Gasteiger partial charge in [-0.25, -0.2) is 0 Å². The molecule has 0 radical (unpaired) electrons. The van der Waals surface area contributed by atoms with Crippen LogP contribution in [0.5, 0.6) is 11.5 Å². The summed E-state index contributed by atoms with van der Waals surface area (Å²) in [7, 11) is -2.50. The van der Waals surface area contributed by atoms with E-state index in [-0.39, 0.29) is 19.8 Å². The third-order valence-corrected chi connectivity index (χ3v) is 4.17. The first-order valence-corrected chi connectivity index (χ1v) is 7.18. The number of carboxylic acids is 1. The number of nitrogens with one attached hydrogen (secondary N) is 1. The number of anilines is 1. The Balaban J connectivity index is 2.06. The summed E-state index contributed by atoms with van der Waals surface area (Å²) in [6.45, 7) is -0.0146. The maximum Gasteiger partial charge on any atom is 0.304 e. The second-order valence-electron chi connectivity index (χ2n) is 4.14. The lowest BCUT2D eigenvalue weighted by Crippen LogP contribution is -2.34. The fraction of sp³-hybridized carbons (Fsp3) is 0.364. The maximum atomic E-state index is 12.0. The average molecular weight is 302 g/mol. The van der Waals surface area contributed by atoms with Gasteiger partial charge in [-0.15, -0.1) is 0 Å². The van der Waals surface area contributed by atoms with Gasteiger partial charge in [-0.3, -0.25) is 9.52 Å². The standard InChI is InChI=1S/C11H14N2O6S/c1-13(5-4-11(14)15)20(16,17)12-8-2-3-9-10(6-8)19-7-18-9/h2-3,6,12H,4-5,7H2,1H3,(H,14,15). The Kier molecular flexibility index (Phi) is 4.00. The van der Waals surface area contributed by atoms with Crippen molar-refractivity contribution in [2.45, 2.75) is 6.42 Å². The zero-order chi connectivity index (χ0) is 14.8. The third kappa shape index (κ3) is 3.31. The highest BCUT2D eigenvalue weighted by molar-refractivity contribution is 7.90. The van der Waals surface area contributed by atoms with Gasteiger partial charge in [-0.1, -0.05) is 0 Å². The van der Waals surface area contributed by atoms with Crippen LogP contribution in [0, 0.1) is 0 Å². The quantitative estimate of drug-likeness (QED) is 0.792. The maximum absolute atomic E-state index is 12.0. The molecule has 1 aliphatic rings. The first-order valence-electron chi connectivity index (χ1n) is 5.74. The molecular weight excluding hydrogens is 288 g/mol. The van der Waals surface area contributed by atoms with E-state index in [0.717, 1.165) is 4.31 Å². The van der Waals surface area contributed by atoms with Crippen LogP contribution in [0.2, 0.25) is 0 Å². The number of aliphatic carboxylic acids is 1. The van der Waals surface area contributed by atoms with Crippen molar-refractivity contribution in [3.63, 3.8) is 0 Å². The lowest BCUT2D eigenvalue weighted by atomic mass is 10.3. The monoisotopic (exact) mass is 302 g/mol. The van der Waals surface area contributed by atoms with Crippen molar-refractivity contribution in [2.24, 2.45) is 0 Å². The van der Waals surface area contributed by atoms with Crippen LogP contribution in [0.3, 0.4) is 0 Å². The molecule has 0 fully saturated rings. The van der Waals surface area contributed by atoms with Gasteiger partial charge in [-0.2, -0.15) is 12.7 Å². The SMILES string of the molecule is CN(CCC(=O)O)S(=O)(=O)Nc1ccc2c(c1)OCO2. The van der Waals surface area contributed by atoms with Crippen molar-refractivity contribution in [1.82, 2.24) is 4.31 Å². The number of nitrogens with zero attached hydrogens (tertiary/aromatic N) is 1. The molecule has 0 aromatic heterocycles. The van der Waals surface area contributed by atoms with E-state index in [1.165, 1.54) is 19.2 Å². The Morgan fingerprint density at radius 3 is 2.80 bits per heavy atom. The Morgan fingerprint density at radius 1 is 1.40 bits per heavy atom. The highest BCUT2D eigenvalue weighted by Gasteiger charge is 2.20. The Labute approximate surface area is 116 Å². The van der Waals surface area contributed by atoms with Crippen LogP contribution in [0.15, 0.2) is 18.2 Å². The summed E-state index contributed by atoms with van der Waals surface area (Å²) >= 11 is 0. The largest absolute Gasteiger partial charge is 0.481 e. The molecule has 1 aromatic rings. The van der Waals surface area contributed by atoms with Crippen LogP contribution in [0.25, 0.3) is 0 Å². The topological polar surface area (TPSA) is 105 Å². The first-order chi connectivity index (χ1) is 9.38. The molecule has 1 aromatic carbocycles. The second kappa shape index (κ2) is 5.55. The summed E-state index contributed by atoms with van der Waals surface area (Å²) in [5.74, 6) is -0.0549. The number of ether oxygens (including phenoxy) is 2. The molecule has 0 saturated heterocycles. The minimum atomic E-state index is -3.80. The molecule has 9 heteroatoms. The van der Waals surface area contributed by atoms with Crippen LogP contribution >= 0.6 is 0 Å². The highest BCUT2D eigenvalue weighted by Crippen LogP contribution is 2.34. The van der Waals surface area contributed by atoms with Crippen molar-refractivity contribution in [2.75, 3.05) is 25.1 Å². The Bertz CT molecular complexity index is 615. The van der Waals surface area contributed by atoms with E-state index in [1.807, 2.05) is 0 Å². The summed E-state index contributed by atoms with van der Waals surface area (Å²) in [5.41, 5.74) is 0.316. The third-order valence-electron chi connectivity index (χ3n) is 2.67. The van der Waals surface area contributed by atoms with Gasteiger partial charge in [0.25, 0.3) is 0 Å². The summed E-state index contributed by atoms with van der Waals surface area (Å²) in [6, 6.07) is 4.64. The molecule has 20 heavy (non-hydrogen) atoms. The molecule has 110 valence electrons. The van der Waals surface area contributed by atoms with E-state index in [2.05, 4.69) is 4.72 Å². The number of carbonyl (C=O) groups is 1. The van der Waals surface area contributed by atoms with Gasteiger partial charge in [0, 0.05) is 19.7 Å². The summed E-state index contributed by atoms with van der Waals surface area (Å²) in [5, 5.41) is 8.55. The molecule has 8 nitrogen and oxygen atoms in total. The van der Waals surface area contributed by atoms with Gasteiger partial charge in [0.2, 0.25) is 6.79 Å². The van der Waals surface area contributed by atoms with E-state index >= 15 is 0 Å². The summed E-state index contributed by atoms with van der Waals surface area (Å²) in [6.07, 6.45) is -0.265. The minimum absolute atomic E-state index is 0.101. The molecule has 0 unspecified atom stereocenters. The first kappa shape index (κ1) is 14.4. The number of fused-ring (bicyclic) bond motifs is 1. The van der Waals surface area contributed by atoms with Gasteiger partial charge >= 0.3 is 16.2 Å². The molecule has 1 aliphatic heterocycles. The molecule has 1 heterocycles. The number of hydrogen-bond donors (Lipinski definition) is 2. The molecular formula is C11H14N2O6S. The average Bonchev–Trinajstić information content (AvgIpc) is 2.82. The molecule has 0 atom stereocenters. The molecule has 0 spiro atoms. The summed E-state index contributed by atoms with van der Waals surface area (Å²) < 4.78 is 37.5. The predicted molar refractivity (Wildman–Crippen MR) is 70.0 cm³/mol. The van der Waals surface area contributed by atoms with Crippen molar-refractivity contribution in [1.29, 1.82) is 0 Å². The smallest absolute Gasteiger partial charge is 0.304 e. The van der Waals surface area contributed by atoms with E-state index < -0.39 is 16.2 Å². The second-order valence-corrected chi connectivity index (χ2v) is 5.92. The molecule has 2 N–H and O–H groups in total. The van der Waals surface area contributed by atoms with Gasteiger partial charge < -0.3 is 14.6 Å². The van der Waals surface area contributed by atoms with E-state index in [0.29, 0.717) is 17.2 Å². The fourth-order valence-corrected chi connectivity index (χ4v) is 2.47. The van der Waals surface area contributed by atoms with E-state index in [4.69, 9.17) is 14.6 Å². The van der Waals surface area contributed by atoms with Crippen molar-refractivity contribution in [3.8, 4) is 11.5 Å².